The van der Waals surface area contributed by atoms with E-state index in [1.165, 1.54) is 7.11 Å². The molecule has 0 radical (unpaired) electrons. The van der Waals surface area contributed by atoms with E-state index in [0.717, 1.165) is 0 Å². The van der Waals surface area contributed by atoms with Gasteiger partial charge in [-0.05, 0) is 25.5 Å². The predicted octanol–water partition coefficient (Wildman–Crippen LogP) is 2.08. The van der Waals surface area contributed by atoms with E-state index in [4.69, 9.17) is 9.47 Å². The lowest BCUT2D eigenvalue weighted by Crippen LogP contribution is -2.06. The zero-order chi connectivity index (χ0) is 14.3. The van der Waals surface area contributed by atoms with Gasteiger partial charge in [0.25, 0.3) is 0 Å². The van der Waals surface area contributed by atoms with Gasteiger partial charge >= 0.3 is 5.97 Å². The third kappa shape index (κ3) is 4.79. The summed E-state index contributed by atoms with van der Waals surface area (Å²) in [5, 5.41) is 9.66. The standard InChI is InChI=1S/C14H20O5/c1-10(15)12-7-6-11(17-2)9-13(12)19-8-4-5-14(16)18-3/h6-7,9-10,15H,4-5,8H2,1-3H3/t10-/m1/s1. The molecule has 1 aromatic carbocycles. The molecule has 0 unspecified atom stereocenters. The SMILES string of the molecule is COC(=O)CCCOc1cc(OC)ccc1[C@@H](C)O. The Hall–Kier alpha value is -1.75. The number of aliphatic hydroxyl groups excluding tert-OH is 1. The van der Waals surface area contributed by atoms with Crippen molar-refractivity contribution in [3.8, 4) is 11.5 Å². The maximum absolute atomic E-state index is 11.0. The lowest BCUT2D eigenvalue weighted by molar-refractivity contribution is -0.140. The molecular formula is C14H20O5. The molecule has 0 spiro atoms. The van der Waals surface area contributed by atoms with Crippen LogP contribution in [-0.4, -0.2) is 31.9 Å². The topological polar surface area (TPSA) is 65.0 Å². The Bertz CT molecular complexity index is 414. The summed E-state index contributed by atoms with van der Waals surface area (Å²) in [7, 11) is 2.93. The average Bonchev–Trinajstić information content (AvgIpc) is 2.42. The van der Waals surface area contributed by atoms with Gasteiger partial charge in [-0.25, -0.2) is 0 Å². The molecule has 106 valence electrons. The quantitative estimate of drug-likeness (QED) is 0.606. The van der Waals surface area contributed by atoms with Gasteiger partial charge < -0.3 is 19.3 Å². The fourth-order valence-corrected chi connectivity index (χ4v) is 1.61. The Kier molecular flexibility index (Phi) is 6.15. The minimum Gasteiger partial charge on any atom is -0.497 e. The van der Waals surface area contributed by atoms with Gasteiger partial charge in [-0.1, -0.05) is 0 Å². The van der Waals surface area contributed by atoms with Crippen LogP contribution >= 0.6 is 0 Å². The Morgan fingerprint density at radius 1 is 1.37 bits per heavy atom. The van der Waals surface area contributed by atoms with Crippen LogP contribution in [0.3, 0.4) is 0 Å². The number of hydrogen-bond acceptors (Lipinski definition) is 5. The summed E-state index contributed by atoms with van der Waals surface area (Å²) in [6.45, 7) is 2.05. The zero-order valence-corrected chi connectivity index (χ0v) is 11.5. The van der Waals surface area contributed by atoms with Crippen molar-refractivity contribution >= 4 is 5.97 Å². The number of benzene rings is 1. The van der Waals surface area contributed by atoms with Crippen LogP contribution in [0.2, 0.25) is 0 Å². The van der Waals surface area contributed by atoms with Crippen molar-refractivity contribution in [1.29, 1.82) is 0 Å². The number of rotatable bonds is 7. The first-order valence-corrected chi connectivity index (χ1v) is 6.14. The number of hydrogen-bond donors (Lipinski definition) is 1. The molecule has 0 fully saturated rings. The zero-order valence-electron chi connectivity index (χ0n) is 11.5. The van der Waals surface area contributed by atoms with Crippen molar-refractivity contribution in [2.24, 2.45) is 0 Å². The molecule has 19 heavy (non-hydrogen) atoms. The predicted molar refractivity (Wildman–Crippen MR) is 70.4 cm³/mol. The van der Waals surface area contributed by atoms with E-state index in [0.29, 0.717) is 36.5 Å². The monoisotopic (exact) mass is 268 g/mol. The Morgan fingerprint density at radius 3 is 2.68 bits per heavy atom. The molecule has 0 saturated heterocycles. The maximum Gasteiger partial charge on any atom is 0.305 e. The highest BCUT2D eigenvalue weighted by molar-refractivity contribution is 5.69. The molecule has 1 atom stereocenters. The first kappa shape index (κ1) is 15.3. The normalized spacial score (nSPS) is 11.8. The van der Waals surface area contributed by atoms with Crippen LogP contribution < -0.4 is 9.47 Å². The number of carbonyl (C=O) groups is 1. The van der Waals surface area contributed by atoms with Gasteiger partial charge in [0.05, 0.1) is 26.9 Å². The fraction of sp³-hybridized carbons (Fsp3) is 0.500. The van der Waals surface area contributed by atoms with E-state index in [1.54, 1.807) is 32.2 Å². The lowest BCUT2D eigenvalue weighted by Gasteiger charge is -2.14. The van der Waals surface area contributed by atoms with Gasteiger partial charge in [-0.3, -0.25) is 4.79 Å². The molecule has 0 amide bonds. The summed E-state index contributed by atoms with van der Waals surface area (Å²) in [5.41, 5.74) is 0.693. The number of esters is 1. The maximum atomic E-state index is 11.0. The van der Waals surface area contributed by atoms with Crippen molar-refractivity contribution in [3.63, 3.8) is 0 Å². The third-order valence-corrected chi connectivity index (χ3v) is 2.68. The van der Waals surface area contributed by atoms with Gasteiger partial charge in [0.1, 0.15) is 11.5 Å². The Balaban J connectivity index is 2.62. The summed E-state index contributed by atoms with van der Waals surface area (Å²) in [6.07, 6.45) is 0.245. The summed E-state index contributed by atoms with van der Waals surface area (Å²) < 4.78 is 15.3. The van der Waals surface area contributed by atoms with Gasteiger partial charge in [0.15, 0.2) is 0 Å². The van der Waals surface area contributed by atoms with Crippen LogP contribution in [0.25, 0.3) is 0 Å². The molecule has 0 aliphatic rings. The van der Waals surface area contributed by atoms with E-state index in [9.17, 15) is 9.90 Å². The minimum absolute atomic E-state index is 0.259. The van der Waals surface area contributed by atoms with Crippen LogP contribution in [0.1, 0.15) is 31.4 Å². The number of methoxy groups -OCH3 is 2. The number of carbonyl (C=O) groups excluding carboxylic acids is 1. The molecule has 1 N–H and O–H groups in total. The molecule has 5 nitrogen and oxygen atoms in total. The van der Waals surface area contributed by atoms with Crippen molar-refractivity contribution in [2.75, 3.05) is 20.8 Å². The van der Waals surface area contributed by atoms with E-state index < -0.39 is 6.10 Å². The van der Waals surface area contributed by atoms with Crippen molar-refractivity contribution in [2.45, 2.75) is 25.9 Å². The summed E-state index contributed by atoms with van der Waals surface area (Å²) >= 11 is 0. The molecule has 0 heterocycles. The largest absolute Gasteiger partial charge is 0.497 e. The van der Waals surface area contributed by atoms with Crippen molar-refractivity contribution in [1.82, 2.24) is 0 Å². The van der Waals surface area contributed by atoms with Gasteiger partial charge in [-0.2, -0.15) is 0 Å². The van der Waals surface area contributed by atoms with Crippen LogP contribution in [0.5, 0.6) is 11.5 Å². The second-order valence-corrected chi connectivity index (χ2v) is 4.11. The van der Waals surface area contributed by atoms with Crippen LogP contribution in [0.4, 0.5) is 0 Å². The molecule has 5 heteroatoms. The summed E-state index contributed by atoms with van der Waals surface area (Å²) in [6, 6.07) is 5.25. The van der Waals surface area contributed by atoms with Crippen LogP contribution in [0, 0.1) is 0 Å². The molecule has 1 rings (SSSR count). The Morgan fingerprint density at radius 2 is 2.11 bits per heavy atom. The highest BCUT2D eigenvalue weighted by Gasteiger charge is 2.11. The third-order valence-electron chi connectivity index (χ3n) is 2.68. The molecule has 0 bridgehead atoms. The number of aliphatic hydroxyl groups is 1. The van der Waals surface area contributed by atoms with E-state index >= 15 is 0 Å². The first-order valence-electron chi connectivity index (χ1n) is 6.14. The second-order valence-electron chi connectivity index (χ2n) is 4.11. The summed E-state index contributed by atoms with van der Waals surface area (Å²) in [4.78, 5) is 11.0. The molecular weight excluding hydrogens is 248 g/mol. The molecule has 0 aromatic heterocycles. The second kappa shape index (κ2) is 7.63. The van der Waals surface area contributed by atoms with Crippen LogP contribution in [-0.2, 0) is 9.53 Å². The smallest absolute Gasteiger partial charge is 0.305 e. The molecule has 0 aliphatic carbocycles. The Labute approximate surface area is 113 Å². The summed E-state index contributed by atoms with van der Waals surface area (Å²) in [5.74, 6) is 0.969. The van der Waals surface area contributed by atoms with Crippen molar-refractivity contribution < 1.29 is 24.1 Å². The van der Waals surface area contributed by atoms with Gasteiger partial charge in [0, 0.05) is 18.1 Å². The van der Waals surface area contributed by atoms with Gasteiger partial charge in [-0.15, -0.1) is 0 Å². The van der Waals surface area contributed by atoms with E-state index in [2.05, 4.69) is 4.74 Å². The van der Waals surface area contributed by atoms with E-state index in [1.807, 2.05) is 0 Å². The average molecular weight is 268 g/mol. The van der Waals surface area contributed by atoms with Gasteiger partial charge in [0.2, 0.25) is 0 Å². The van der Waals surface area contributed by atoms with E-state index in [-0.39, 0.29) is 5.97 Å². The van der Waals surface area contributed by atoms with Crippen molar-refractivity contribution in [3.05, 3.63) is 23.8 Å². The highest BCUT2D eigenvalue weighted by atomic mass is 16.5. The first-order chi connectivity index (χ1) is 9.08. The lowest BCUT2D eigenvalue weighted by atomic mass is 10.1. The fourth-order valence-electron chi connectivity index (χ4n) is 1.61. The highest BCUT2D eigenvalue weighted by Crippen LogP contribution is 2.29. The molecule has 0 saturated carbocycles. The van der Waals surface area contributed by atoms with Crippen LogP contribution in [0.15, 0.2) is 18.2 Å². The number of ether oxygens (including phenoxy) is 3. The minimum atomic E-state index is -0.624. The molecule has 0 aliphatic heterocycles. The molecule has 1 aromatic rings.